The van der Waals surface area contributed by atoms with Crippen molar-refractivity contribution in [3.8, 4) is 0 Å². The Morgan fingerprint density at radius 3 is 2.58 bits per heavy atom. The Hall–Kier alpha value is -1.60. The maximum atomic E-state index is 12.4. The summed E-state index contributed by atoms with van der Waals surface area (Å²) >= 11 is 0. The van der Waals surface area contributed by atoms with Gasteiger partial charge in [0.1, 0.15) is 0 Å². The Kier molecular flexibility index (Phi) is 6.53. The van der Waals surface area contributed by atoms with Crippen LogP contribution in [0.5, 0.6) is 0 Å². The third-order valence-electron chi connectivity index (χ3n) is 5.34. The second-order valence-corrected chi connectivity index (χ2v) is 9.20. The topological polar surface area (TPSA) is 65.0 Å². The summed E-state index contributed by atoms with van der Waals surface area (Å²) in [6.07, 6.45) is 5.12. The van der Waals surface area contributed by atoms with Gasteiger partial charge in [-0.25, -0.2) is 8.42 Å². The molecule has 1 aromatic rings. The first-order valence-electron chi connectivity index (χ1n) is 9.57. The predicted molar refractivity (Wildman–Crippen MR) is 105 cm³/mol. The molecule has 2 aliphatic heterocycles. The summed E-state index contributed by atoms with van der Waals surface area (Å²) < 4.78 is 24.8. The first-order chi connectivity index (χ1) is 12.6. The Balaban J connectivity index is 1.49. The zero-order valence-electron chi connectivity index (χ0n) is 15.6. The van der Waals surface area contributed by atoms with E-state index in [9.17, 15) is 8.42 Å². The monoisotopic (exact) mass is 378 g/mol. The molecule has 2 heterocycles. The molecule has 1 aromatic carbocycles. The minimum absolute atomic E-state index is 0.0689. The molecule has 3 rings (SSSR count). The first kappa shape index (κ1) is 19.2. The summed E-state index contributed by atoms with van der Waals surface area (Å²) in [6, 6.07) is 9.23. The van der Waals surface area contributed by atoms with Gasteiger partial charge in [0.15, 0.2) is 15.8 Å². The van der Waals surface area contributed by atoms with E-state index in [-0.39, 0.29) is 5.75 Å². The van der Waals surface area contributed by atoms with Crippen LogP contribution >= 0.6 is 0 Å². The van der Waals surface area contributed by atoms with Gasteiger partial charge in [0.2, 0.25) is 0 Å². The van der Waals surface area contributed by atoms with Crippen LogP contribution < -0.4 is 5.32 Å². The van der Waals surface area contributed by atoms with Crippen LogP contribution in [-0.2, 0) is 9.84 Å². The second kappa shape index (κ2) is 8.86. The van der Waals surface area contributed by atoms with E-state index in [4.69, 9.17) is 0 Å². The highest BCUT2D eigenvalue weighted by atomic mass is 32.2. The van der Waals surface area contributed by atoms with E-state index in [1.54, 1.807) is 31.3 Å². The van der Waals surface area contributed by atoms with Crippen molar-refractivity contribution < 1.29 is 8.42 Å². The van der Waals surface area contributed by atoms with Crippen molar-refractivity contribution in [1.29, 1.82) is 0 Å². The highest BCUT2D eigenvalue weighted by molar-refractivity contribution is 7.91. The molecule has 144 valence electrons. The lowest BCUT2D eigenvalue weighted by Gasteiger charge is -2.32. The van der Waals surface area contributed by atoms with Crippen molar-refractivity contribution in [3.63, 3.8) is 0 Å². The SMILES string of the molecule is CN=C(NCCS(=O)(=O)c1ccccc1)N1CCC(N2CCCCC2)C1. The van der Waals surface area contributed by atoms with Crippen LogP contribution in [0.15, 0.2) is 40.2 Å². The normalized spacial score (nSPS) is 22.6. The molecule has 26 heavy (non-hydrogen) atoms. The predicted octanol–water partition coefficient (Wildman–Crippen LogP) is 1.60. The standard InChI is InChI=1S/C19H30N4O2S/c1-20-19(21-11-15-26(24,25)18-8-4-2-5-9-18)23-14-10-17(16-23)22-12-6-3-7-13-22/h2,4-5,8-9,17H,3,6-7,10-16H2,1H3,(H,20,21). The molecule has 7 heteroatoms. The molecule has 1 unspecified atom stereocenters. The Labute approximate surface area is 157 Å². The number of likely N-dealkylation sites (tertiary alicyclic amines) is 2. The summed E-state index contributed by atoms with van der Waals surface area (Å²) in [5.41, 5.74) is 0. The number of sulfone groups is 1. The van der Waals surface area contributed by atoms with E-state index in [2.05, 4.69) is 20.1 Å². The van der Waals surface area contributed by atoms with E-state index in [0.717, 1.165) is 25.5 Å². The van der Waals surface area contributed by atoms with Gasteiger partial charge in [-0.3, -0.25) is 9.89 Å². The third-order valence-corrected chi connectivity index (χ3v) is 7.07. The van der Waals surface area contributed by atoms with Crippen LogP contribution in [0.3, 0.4) is 0 Å². The van der Waals surface area contributed by atoms with E-state index in [1.165, 1.54) is 32.4 Å². The van der Waals surface area contributed by atoms with Gasteiger partial charge in [0, 0.05) is 32.7 Å². The molecule has 2 aliphatic rings. The highest BCUT2D eigenvalue weighted by Gasteiger charge is 2.30. The minimum atomic E-state index is -3.26. The second-order valence-electron chi connectivity index (χ2n) is 7.09. The fourth-order valence-electron chi connectivity index (χ4n) is 3.89. The van der Waals surface area contributed by atoms with Gasteiger partial charge in [-0.05, 0) is 44.5 Å². The fraction of sp³-hybridized carbons (Fsp3) is 0.632. The van der Waals surface area contributed by atoms with Gasteiger partial charge in [0.25, 0.3) is 0 Å². The maximum Gasteiger partial charge on any atom is 0.193 e. The molecule has 0 aliphatic carbocycles. The lowest BCUT2D eigenvalue weighted by Crippen LogP contribution is -2.45. The van der Waals surface area contributed by atoms with Crippen molar-refractivity contribution >= 4 is 15.8 Å². The van der Waals surface area contributed by atoms with E-state index >= 15 is 0 Å². The molecule has 0 saturated carbocycles. The first-order valence-corrected chi connectivity index (χ1v) is 11.2. The number of hydrogen-bond donors (Lipinski definition) is 1. The molecule has 0 amide bonds. The summed E-state index contributed by atoms with van der Waals surface area (Å²) in [4.78, 5) is 9.60. The van der Waals surface area contributed by atoms with Gasteiger partial charge in [0.05, 0.1) is 10.6 Å². The van der Waals surface area contributed by atoms with Gasteiger partial charge < -0.3 is 10.2 Å². The van der Waals surface area contributed by atoms with Gasteiger partial charge in [-0.1, -0.05) is 24.6 Å². The number of benzene rings is 1. The largest absolute Gasteiger partial charge is 0.355 e. The van der Waals surface area contributed by atoms with E-state index in [1.807, 2.05) is 6.07 Å². The molecule has 0 aromatic heterocycles. The van der Waals surface area contributed by atoms with Crippen LogP contribution in [-0.4, -0.2) is 75.7 Å². The zero-order chi connectivity index (χ0) is 18.4. The summed E-state index contributed by atoms with van der Waals surface area (Å²) in [6.45, 7) is 4.74. The van der Waals surface area contributed by atoms with Gasteiger partial charge >= 0.3 is 0 Å². The molecule has 1 atom stereocenters. The quantitative estimate of drug-likeness (QED) is 0.623. The Morgan fingerprint density at radius 2 is 1.88 bits per heavy atom. The average Bonchev–Trinajstić information content (AvgIpc) is 3.16. The number of piperidine rings is 1. The lowest BCUT2D eigenvalue weighted by molar-refractivity contribution is 0.168. The Morgan fingerprint density at radius 1 is 1.15 bits per heavy atom. The van der Waals surface area contributed by atoms with Crippen molar-refractivity contribution in [2.45, 2.75) is 36.6 Å². The van der Waals surface area contributed by atoms with Crippen LogP contribution in [0.2, 0.25) is 0 Å². The Bertz CT molecular complexity index is 700. The number of guanidine groups is 1. The van der Waals surface area contributed by atoms with Gasteiger partial charge in [-0.2, -0.15) is 0 Å². The van der Waals surface area contributed by atoms with Crippen molar-refractivity contribution in [2.24, 2.45) is 4.99 Å². The number of nitrogens with one attached hydrogen (secondary N) is 1. The molecule has 1 N–H and O–H groups in total. The third kappa shape index (κ3) is 4.76. The number of nitrogens with zero attached hydrogens (tertiary/aromatic N) is 3. The molecular weight excluding hydrogens is 348 g/mol. The molecule has 0 bridgehead atoms. The van der Waals surface area contributed by atoms with Gasteiger partial charge in [-0.15, -0.1) is 0 Å². The van der Waals surface area contributed by atoms with Crippen LogP contribution in [0, 0.1) is 0 Å². The maximum absolute atomic E-state index is 12.4. The van der Waals surface area contributed by atoms with Crippen LogP contribution in [0.1, 0.15) is 25.7 Å². The molecule has 0 radical (unpaired) electrons. The number of aliphatic imine (C=N–C) groups is 1. The van der Waals surface area contributed by atoms with Crippen LogP contribution in [0.25, 0.3) is 0 Å². The highest BCUT2D eigenvalue weighted by Crippen LogP contribution is 2.20. The van der Waals surface area contributed by atoms with E-state index < -0.39 is 9.84 Å². The van der Waals surface area contributed by atoms with Crippen molar-refractivity contribution in [2.75, 3.05) is 45.5 Å². The molecule has 0 spiro atoms. The smallest absolute Gasteiger partial charge is 0.193 e. The van der Waals surface area contributed by atoms with Crippen LogP contribution in [0.4, 0.5) is 0 Å². The summed E-state index contributed by atoms with van der Waals surface area (Å²) in [5, 5.41) is 3.24. The van der Waals surface area contributed by atoms with Crippen molar-refractivity contribution in [3.05, 3.63) is 30.3 Å². The molecule has 2 saturated heterocycles. The van der Waals surface area contributed by atoms with Crippen molar-refractivity contribution in [1.82, 2.24) is 15.1 Å². The molecular formula is C19H30N4O2S. The number of hydrogen-bond acceptors (Lipinski definition) is 4. The number of rotatable bonds is 5. The minimum Gasteiger partial charge on any atom is -0.355 e. The average molecular weight is 379 g/mol. The summed E-state index contributed by atoms with van der Waals surface area (Å²) in [5.74, 6) is 0.882. The van der Waals surface area contributed by atoms with E-state index in [0.29, 0.717) is 17.5 Å². The molecule has 2 fully saturated rings. The fourth-order valence-corrected chi connectivity index (χ4v) is 5.07. The molecule has 6 nitrogen and oxygen atoms in total. The zero-order valence-corrected chi connectivity index (χ0v) is 16.4. The summed E-state index contributed by atoms with van der Waals surface area (Å²) in [7, 11) is -1.49. The lowest BCUT2D eigenvalue weighted by atomic mass is 10.1.